The fourth-order valence-corrected chi connectivity index (χ4v) is 13.4. The second-order valence-electron chi connectivity index (χ2n) is 5.50. The van der Waals surface area contributed by atoms with Crippen LogP contribution in [0.5, 0.6) is 0 Å². The van der Waals surface area contributed by atoms with E-state index in [1.807, 2.05) is 0 Å². The molecule has 0 bridgehead atoms. The van der Waals surface area contributed by atoms with Crippen LogP contribution in [-0.4, -0.2) is 49.4 Å². The molecule has 0 spiro atoms. The van der Waals surface area contributed by atoms with E-state index in [9.17, 15) is 0 Å². The van der Waals surface area contributed by atoms with Gasteiger partial charge in [-0.3, -0.25) is 0 Å². The van der Waals surface area contributed by atoms with Gasteiger partial charge in [-0.25, -0.2) is 0 Å². The van der Waals surface area contributed by atoms with Crippen LogP contribution in [0.2, 0.25) is 4.22 Å². The van der Waals surface area contributed by atoms with Gasteiger partial charge >= 0.3 is 137 Å². The molecule has 1 aliphatic rings. The maximum absolute atomic E-state index is 2.82. The molecular weight excluding hydrogens is 294 g/mol. The predicted octanol–water partition coefficient (Wildman–Crippen LogP) is 3.83. The van der Waals surface area contributed by atoms with E-state index in [1.54, 1.807) is 0 Å². The zero-order chi connectivity index (χ0) is 15.9. The second-order valence-corrected chi connectivity index (χ2v) is 11.7. The summed E-state index contributed by atoms with van der Waals surface area (Å²) in [5.74, 6) is 0. The molecule has 0 aromatic carbocycles. The molecule has 4 heteroatoms. The van der Waals surface area contributed by atoms with Gasteiger partial charge in [0.15, 0.2) is 0 Å². The molecule has 0 amide bonds. The Labute approximate surface area is 137 Å². The molecule has 122 valence electrons. The first-order valence-corrected chi connectivity index (χ1v) is 11.8. The van der Waals surface area contributed by atoms with Crippen molar-refractivity contribution < 1.29 is 17.4 Å². The van der Waals surface area contributed by atoms with Gasteiger partial charge in [0.2, 0.25) is 0 Å². The molecule has 0 saturated heterocycles. The zero-order valence-corrected chi connectivity index (χ0v) is 16.5. The molecule has 0 aliphatic heterocycles. The Balaban J connectivity index is 3.44. The summed E-state index contributed by atoms with van der Waals surface area (Å²) in [6.45, 7) is 20.9. The van der Waals surface area contributed by atoms with Gasteiger partial charge in [-0.15, -0.1) is 0 Å². The van der Waals surface area contributed by atoms with Crippen molar-refractivity contribution >= 4 is 0 Å². The van der Waals surface area contributed by atoms with Gasteiger partial charge in [0.05, 0.1) is 0 Å². The Morgan fingerprint density at radius 2 is 0.905 bits per heavy atom. The van der Waals surface area contributed by atoms with Crippen molar-refractivity contribution in [2.45, 2.75) is 45.8 Å². The van der Waals surface area contributed by atoms with Crippen LogP contribution in [0, 0.1) is 0 Å². The minimum absolute atomic E-state index is 0.615. The number of rotatable bonds is 10. The molecule has 0 aromatic rings. The first kappa shape index (κ1) is 19.1. The standard InChI is InChI=1S/C5H5.3C4H10N.Ti/c1-2-4-5-3-1;3*1-3-5-4-2;/h1-5H;3*3-4H2,1-2H3;/q;3*-1;+3. The van der Waals surface area contributed by atoms with E-state index in [2.05, 4.69) is 76.0 Å². The molecule has 0 radical (unpaired) electrons. The molecule has 0 fully saturated rings. The van der Waals surface area contributed by atoms with E-state index in [0.29, 0.717) is 4.22 Å². The SMILES string of the molecule is CC[N](CC)[Ti]([CH]1C=CC=C1)([N](CC)CC)[N](CC)CC. The third-order valence-electron chi connectivity index (χ3n) is 4.88. The predicted molar refractivity (Wildman–Crippen MR) is 90.8 cm³/mol. The average Bonchev–Trinajstić information content (AvgIpc) is 3.04. The normalized spacial score (nSPS) is 16.0. The van der Waals surface area contributed by atoms with Gasteiger partial charge in [0, 0.05) is 0 Å². The summed E-state index contributed by atoms with van der Waals surface area (Å²) >= 11 is -2.58. The molecule has 0 aromatic heterocycles. The van der Waals surface area contributed by atoms with Crippen LogP contribution >= 0.6 is 0 Å². The summed E-state index contributed by atoms with van der Waals surface area (Å²) in [5.41, 5.74) is 0. The Kier molecular flexibility index (Phi) is 8.44. The van der Waals surface area contributed by atoms with Gasteiger partial charge in [0.25, 0.3) is 0 Å². The molecule has 21 heavy (non-hydrogen) atoms. The number of allylic oxidation sites excluding steroid dienone is 4. The summed E-state index contributed by atoms with van der Waals surface area (Å²) in [6, 6.07) is 0. The third-order valence-corrected chi connectivity index (χ3v) is 14.2. The van der Waals surface area contributed by atoms with Crippen LogP contribution in [0.25, 0.3) is 0 Å². The van der Waals surface area contributed by atoms with Gasteiger partial charge in [-0.1, -0.05) is 0 Å². The van der Waals surface area contributed by atoms with Crippen molar-refractivity contribution in [1.29, 1.82) is 0 Å². The van der Waals surface area contributed by atoms with Gasteiger partial charge in [-0.2, -0.15) is 0 Å². The summed E-state index contributed by atoms with van der Waals surface area (Å²) < 4.78 is 9.09. The summed E-state index contributed by atoms with van der Waals surface area (Å²) in [4.78, 5) is 0. The van der Waals surface area contributed by atoms with E-state index in [1.165, 1.54) is 0 Å². The molecule has 0 unspecified atom stereocenters. The fourth-order valence-electron chi connectivity index (χ4n) is 3.99. The van der Waals surface area contributed by atoms with Gasteiger partial charge < -0.3 is 0 Å². The van der Waals surface area contributed by atoms with Crippen molar-refractivity contribution in [1.82, 2.24) is 10.1 Å². The molecule has 3 nitrogen and oxygen atoms in total. The number of hydrogen-bond donors (Lipinski definition) is 0. The minimum atomic E-state index is -2.58. The summed E-state index contributed by atoms with van der Waals surface area (Å²) in [7, 11) is 0. The van der Waals surface area contributed by atoms with E-state index >= 15 is 0 Å². The summed E-state index contributed by atoms with van der Waals surface area (Å²) in [6.07, 6.45) is 9.41. The van der Waals surface area contributed by atoms with E-state index in [-0.39, 0.29) is 0 Å². The van der Waals surface area contributed by atoms with Gasteiger partial charge in [0.1, 0.15) is 0 Å². The van der Waals surface area contributed by atoms with Crippen LogP contribution in [0.3, 0.4) is 0 Å². The maximum atomic E-state index is 2.82. The van der Waals surface area contributed by atoms with Crippen LogP contribution in [-0.2, 0) is 17.4 Å². The zero-order valence-electron chi connectivity index (χ0n) is 15.0. The quantitative estimate of drug-likeness (QED) is 0.564. The van der Waals surface area contributed by atoms with Crippen LogP contribution in [0.15, 0.2) is 24.3 Å². The van der Waals surface area contributed by atoms with Gasteiger partial charge in [-0.05, 0) is 0 Å². The number of nitrogens with zero attached hydrogens (tertiary/aromatic N) is 3. The number of hydrogen-bond acceptors (Lipinski definition) is 3. The molecular formula is C17H35N3Ti. The summed E-state index contributed by atoms with van der Waals surface area (Å²) in [5, 5.41) is 0. The van der Waals surface area contributed by atoms with E-state index < -0.39 is 17.4 Å². The molecule has 0 saturated carbocycles. The van der Waals surface area contributed by atoms with Crippen molar-refractivity contribution in [3.05, 3.63) is 24.3 Å². The Bertz CT molecular complexity index is 299. The average molecular weight is 329 g/mol. The Hall–Kier alpha value is 0.0743. The van der Waals surface area contributed by atoms with Crippen LogP contribution in [0.4, 0.5) is 0 Å². The third kappa shape index (κ3) is 3.53. The van der Waals surface area contributed by atoms with Crippen molar-refractivity contribution in [3.8, 4) is 0 Å². The first-order chi connectivity index (χ1) is 10.2. The van der Waals surface area contributed by atoms with E-state index in [0.717, 1.165) is 39.3 Å². The van der Waals surface area contributed by atoms with Crippen LogP contribution < -0.4 is 0 Å². The van der Waals surface area contributed by atoms with Crippen molar-refractivity contribution in [3.63, 3.8) is 0 Å². The van der Waals surface area contributed by atoms with Crippen LogP contribution in [0.1, 0.15) is 41.5 Å². The topological polar surface area (TPSA) is 9.72 Å². The molecule has 1 rings (SSSR count). The first-order valence-electron chi connectivity index (χ1n) is 8.77. The fraction of sp³-hybridized carbons (Fsp3) is 0.765. The Morgan fingerprint density at radius 3 is 1.14 bits per heavy atom. The molecule has 0 N–H and O–H groups in total. The molecule has 0 heterocycles. The molecule has 1 aliphatic carbocycles. The van der Waals surface area contributed by atoms with Crippen molar-refractivity contribution in [2.75, 3.05) is 39.3 Å². The van der Waals surface area contributed by atoms with E-state index in [4.69, 9.17) is 0 Å². The van der Waals surface area contributed by atoms with Crippen molar-refractivity contribution in [2.24, 2.45) is 0 Å². The molecule has 0 atom stereocenters. The second kappa shape index (κ2) is 9.27. The Morgan fingerprint density at radius 1 is 0.619 bits per heavy atom. The monoisotopic (exact) mass is 329 g/mol.